The first-order valence-corrected chi connectivity index (χ1v) is 10.3. The van der Waals surface area contributed by atoms with Crippen molar-refractivity contribution in [2.45, 2.75) is 19.0 Å². The van der Waals surface area contributed by atoms with Gasteiger partial charge in [-0.05, 0) is 47.5 Å². The number of aromatic nitrogens is 2. The van der Waals surface area contributed by atoms with Gasteiger partial charge < -0.3 is 9.84 Å². The Morgan fingerprint density at radius 2 is 1.60 bits per heavy atom. The molecule has 1 heterocycles. The van der Waals surface area contributed by atoms with Crippen LogP contribution in [0.3, 0.4) is 0 Å². The quantitative estimate of drug-likeness (QED) is 0.269. The molecule has 3 aromatic carbocycles. The van der Waals surface area contributed by atoms with Crippen LogP contribution in [0.25, 0.3) is 22.4 Å². The number of rotatable bonds is 5. The van der Waals surface area contributed by atoms with Gasteiger partial charge in [0.05, 0.1) is 5.56 Å². The van der Waals surface area contributed by atoms with Crippen LogP contribution in [0.15, 0.2) is 66.7 Å². The number of phenols is 1. The number of nitrogens with zero attached hydrogens (tertiary/aromatic N) is 1. The van der Waals surface area contributed by atoms with Crippen LogP contribution in [0.1, 0.15) is 16.8 Å². The van der Waals surface area contributed by atoms with Crippen molar-refractivity contribution in [2.75, 3.05) is 0 Å². The summed E-state index contributed by atoms with van der Waals surface area (Å²) in [7, 11) is 0. The van der Waals surface area contributed by atoms with E-state index in [-0.39, 0.29) is 29.2 Å². The van der Waals surface area contributed by atoms with Crippen LogP contribution in [0.4, 0.5) is 26.3 Å². The van der Waals surface area contributed by atoms with Gasteiger partial charge in [-0.25, -0.2) is 0 Å². The highest BCUT2D eigenvalue weighted by Gasteiger charge is 2.39. The second-order valence-electron chi connectivity index (χ2n) is 7.49. The summed E-state index contributed by atoms with van der Waals surface area (Å²) in [5.74, 6) is -0.250. The normalized spacial score (nSPS) is 12.1. The van der Waals surface area contributed by atoms with Crippen molar-refractivity contribution in [1.82, 2.24) is 10.2 Å². The van der Waals surface area contributed by atoms with Crippen LogP contribution in [0.2, 0.25) is 5.02 Å². The van der Waals surface area contributed by atoms with E-state index in [9.17, 15) is 31.4 Å². The van der Waals surface area contributed by atoms with E-state index in [4.69, 9.17) is 16.3 Å². The molecular formula is C24H15ClF6N2O2. The maximum Gasteiger partial charge on any atom is 0.433 e. The topological polar surface area (TPSA) is 58.1 Å². The van der Waals surface area contributed by atoms with Crippen molar-refractivity contribution < 1.29 is 36.2 Å². The smallest absolute Gasteiger partial charge is 0.433 e. The molecule has 0 bridgehead atoms. The predicted octanol–water partition coefficient (Wildman–Crippen LogP) is 7.72. The van der Waals surface area contributed by atoms with E-state index in [1.54, 1.807) is 24.3 Å². The third-order valence-electron chi connectivity index (χ3n) is 5.07. The van der Waals surface area contributed by atoms with Crippen LogP contribution < -0.4 is 4.74 Å². The molecule has 11 heteroatoms. The first-order chi connectivity index (χ1) is 16.4. The molecule has 0 saturated carbocycles. The summed E-state index contributed by atoms with van der Waals surface area (Å²) in [4.78, 5) is 0. The van der Waals surface area contributed by atoms with Gasteiger partial charge in [-0.15, -0.1) is 0 Å². The monoisotopic (exact) mass is 512 g/mol. The van der Waals surface area contributed by atoms with Crippen molar-refractivity contribution in [3.8, 4) is 33.9 Å². The largest absolute Gasteiger partial charge is 0.507 e. The lowest BCUT2D eigenvalue weighted by Crippen LogP contribution is -2.08. The highest BCUT2D eigenvalue weighted by molar-refractivity contribution is 6.30. The van der Waals surface area contributed by atoms with E-state index < -0.39 is 34.9 Å². The minimum Gasteiger partial charge on any atom is -0.507 e. The van der Waals surface area contributed by atoms with Gasteiger partial charge in [0.2, 0.25) is 0 Å². The number of benzene rings is 3. The highest BCUT2D eigenvalue weighted by atomic mass is 35.5. The van der Waals surface area contributed by atoms with E-state index in [0.29, 0.717) is 11.1 Å². The van der Waals surface area contributed by atoms with Gasteiger partial charge in [0.15, 0.2) is 0 Å². The zero-order valence-electron chi connectivity index (χ0n) is 17.5. The molecule has 0 amide bonds. The number of hydrogen-bond acceptors (Lipinski definition) is 3. The molecule has 4 aromatic rings. The maximum atomic E-state index is 13.7. The SMILES string of the molecule is Oc1cc(OCc2ccc(Cl)cc2)ccc1-c1n[nH]c(C(F)(F)F)c1-c1cccc(C(F)(F)F)c1. The summed E-state index contributed by atoms with van der Waals surface area (Å²) in [6.45, 7) is 0.131. The Kier molecular flexibility index (Phi) is 6.42. The number of aromatic amines is 1. The van der Waals surface area contributed by atoms with E-state index >= 15 is 0 Å². The van der Waals surface area contributed by atoms with Gasteiger partial charge in [-0.1, -0.05) is 35.9 Å². The minimum absolute atomic E-state index is 0.122. The summed E-state index contributed by atoms with van der Waals surface area (Å²) >= 11 is 5.83. The predicted molar refractivity (Wildman–Crippen MR) is 117 cm³/mol. The molecule has 0 fully saturated rings. The Morgan fingerprint density at radius 3 is 2.23 bits per heavy atom. The van der Waals surface area contributed by atoms with Crippen molar-refractivity contribution in [3.63, 3.8) is 0 Å². The number of alkyl halides is 6. The molecule has 0 radical (unpaired) electrons. The first kappa shape index (κ1) is 24.5. The van der Waals surface area contributed by atoms with Gasteiger partial charge >= 0.3 is 12.4 Å². The van der Waals surface area contributed by atoms with Crippen LogP contribution in [-0.2, 0) is 19.0 Å². The van der Waals surface area contributed by atoms with Crippen LogP contribution in [0.5, 0.6) is 11.5 Å². The molecule has 0 saturated heterocycles. The number of aromatic hydroxyl groups is 1. The Labute approximate surface area is 199 Å². The fourth-order valence-corrected chi connectivity index (χ4v) is 3.55. The van der Waals surface area contributed by atoms with Crippen molar-refractivity contribution in [1.29, 1.82) is 0 Å². The summed E-state index contributed by atoms with van der Waals surface area (Å²) in [5, 5.41) is 16.6. The number of H-pyrrole nitrogens is 1. The average Bonchev–Trinajstić information content (AvgIpc) is 3.24. The van der Waals surface area contributed by atoms with Crippen LogP contribution in [-0.4, -0.2) is 15.3 Å². The molecule has 0 unspecified atom stereocenters. The van der Waals surface area contributed by atoms with Crippen molar-refractivity contribution in [2.24, 2.45) is 0 Å². The molecule has 2 N–H and O–H groups in total. The fraction of sp³-hybridized carbons (Fsp3) is 0.125. The van der Waals surface area contributed by atoms with E-state index in [0.717, 1.165) is 23.8 Å². The number of nitrogens with one attached hydrogen (secondary N) is 1. The van der Waals surface area contributed by atoms with Crippen LogP contribution >= 0.6 is 11.6 Å². The molecule has 0 aliphatic rings. The Bertz CT molecular complexity index is 1350. The molecule has 35 heavy (non-hydrogen) atoms. The Morgan fingerprint density at radius 1 is 0.886 bits per heavy atom. The number of hydrogen-bond donors (Lipinski definition) is 2. The van der Waals surface area contributed by atoms with Gasteiger partial charge in [0.1, 0.15) is 29.5 Å². The summed E-state index contributed by atoms with van der Waals surface area (Å²) in [6.07, 6.45) is -9.70. The molecule has 0 spiro atoms. The Hall–Kier alpha value is -3.66. The lowest BCUT2D eigenvalue weighted by molar-refractivity contribution is -0.140. The fourth-order valence-electron chi connectivity index (χ4n) is 3.42. The van der Waals surface area contributed by atoms with Gasteiger partial charge in [0.25, 0.3) is 0 Å². The number of halogens is 7. The molecule has 0 aliphatic carbocycles. The Balaban J connectivity index is 1.72. The highest BCUT2D eigenvalue weighted by Crippen LogP contribution is 2.44. The van der Waals surface area contributed by atoms with Gasteiger partial charge in [-0.2, -0.15) is 31.4 Å². The van der Waals surface area contributed by atoms with E-state index in [2.05, 4.69) is 5.10 Å². The lowest BCUT2D eigenvalue weighted by Gasteiger charge is -2.13. The zero-order valence-corrected chi connectivity index (χ0v) is 18.3. The third-order valence-corrected chi connectivity index (χ3v) is 5.32. The zero-order chi connectivity index (χ0) is 25.4. The summed E-state index contributed by atoms with van der Waals surface area (Å²) in [5.41, 5.74) is -3.14. The molecule has 0 aliphatic heterocycles. The van der Waals surface area contributed by atoms with Gasteiger partial charge in [0, 0.05) is 22.2 Å². The lowest BCUT2D eigenvalue weighted by atomic mass is 9.96. The minimum atomic E-state index is -4.94. The number of ether oxygens (including phenoxy) is 1. The van der Waals surface area contributed by atoms with Crippen molar-refractivity contribution >= 4 is 11.6 Å². The maximum absolute atomic E-state index is 13.7. The van der Waals surface area contributed by atoms with Crippen molar-refractivity contribution in [3.05, 3.63) is 88.6 Å². The van der Waals surface area contributed by atoms with Crippen LogP contribution in [0, 0.1) is 0 Å². The van der Waals surface area contributed by atoms with Gasteiger partial charge in [-0.3, -0.25) is 5.10 Å². The number of phenolic OH excluding ortho intramolecular Hbond substituents is 1. The first-order valence-electron chi connectivity index (χ1n) is 9.97. The van der Waals surface area contributed by atoms with E-state index in [1.165, 1.54) is 18.2 Å². The second kappa shape index (κ2) is 9.18. The standard InChI is InChI=1S/C24H15ClF6N2O2/c25-16-6-4-13(5-7-16)12-35-17-8-9-18(19(34)11-17)21-20(22(33-32-21)24(29,30)31)14-2-1-3-15(10-14)23(26,27)28/h1-11,34H,12H2,(H,32,33). The second-order valence-corrected chi connectivity index (χ2v) is 7.93. The molecule has 0 atom stereocenters. The molecule has 182 valence electrons. The summed E-state index contributed by atoms with van der Waals surface area (Å²) < 4.78 is 86.1. The molecule has 1 aromatic heterocycles. The summed E-state index contributed by atoms with van der Waals surface area (Å²) in [6, 6.07) is 14.2. The van der Waals surface area contributed by atoms with E-state index in [1.807, 2.05) is 5.10 Å². The molecule has 4 rings (SSSR count). The third kappa shape index (κ3) is 5.37. The molecule has 4 nitrogen and oxygen atoms in total. The average molecular weight is 513 g/mol. The molecular weight excluding hydrogens is 498 g/mol.